The number of hydrogen-bond acceptors (Lipinski definition) is 3. The van der Waals surface area contributed by atoms with Gasteiger partial charge in [0.2, 0.25) is 0 Å². The Labute approximate surface area is 94.2 Å². The number of esters is 1. The van der Waals surface area contributed by atoms with Crippen molar-refractivity contribution < 1.29 is 9.53 Å². The molecule has 1 heterocycles. The van der Waals surface area contributed by atoms with E-state index in [1.807, 2.05) is 6.92 Å². The molecule has 0 spiro atoms. The van der Waals surface area contributed by atoms with E-state index in [1.54, 1.807) is 24.4 Å². The van der Waals surface area contributed by atoms with Gasteiger partial charge in [0.25, 0.3) is 5.56 Å². The summed E-state index contributed by atoms with van der Waals surface area (Å²) in [6, 6.07) is 4.94. The Hall–Kier alpha value is -1.84. The van der Waals surface area contributed by atoms with E-state index in [1.165, 1.54) is 17.7 Å². The Morgan fingerprint density at radius 3 is 2.81 bits per heavy atom. The van der Waals surface area contributed by atoms with Gasteiger partial charge in [0.05, 0.1) is 7.11 Å². The van der Waals surface area contributed by atoms with Crippen molar-refractivity contribution >= 4 is 5.97 Å². The number of rotatable bonds is 4. The first kappa shape index (κ1) is 12.2. The van der Waals surface area contributed by atoms with Crippen molar-refractivity contribution in [3.05, 3.63) is 46.4 Å². The number of carbonyl (C=O) groups excluding carboxylic acids is 1. The summed E-state index contributed by atoms with van der Waals surface area (Å²) in [4.78, 5) is 22.6. The monoisotopic (exact) mass is 221 g/mol. The largest absolute Gasteiger partial charge is 0.466 e. The lowest BCUT2D eigenvalue weighted by Gasteiger charge is -2.04. The van der Waals surface area contributed by atoms with Gasteiger partial charge in [-0.25, -0.2) is 4.79 Å². The average Bonchev–Trinajstić information content (AvgIpc) is 2.31. The lowest BCUT2D eigenvalue weighted by atomic mass is 10.2. The topological polar surface area (TPSA) is 48.3 Å². The summed E-state index contributed by atoms with van der Waals surface area (Å²) in [6.45, 7) is 2.26. The standard InChI is InChI=1S/C12H15NO3/c1-3-10(12(15)16-2)7-9-13-8-5-4-6-11(13)14/h4-8H,3,9H2,1-2H3. The van der Waals surface area contributed by atoms with Crippen LogP contribution in [-0.4, -0.2) is 17.6 Å². The van der Waals surface area contributed by atoms with E-state index in [0.717, 1.165) is 0 Å². The summed E-state index contributed by atoms with van der Waals surface area (Å²) < 4.78 is 6.15. The first-order valence-electron chi connectivity index (χ1n) is 5.11. The highest BCUT2D eigenvalue weighted by Gasteiger charge is 2.05. The number of carbonyl (C=O) groups is 1. The summed E-state index contributed by atoms with van der Waals surface area (Å²) in [5.74, 6) is -0.341. The van der Waals surface area contributed by atoms with Crippen molar-refractivity contribution in [2.24, 2.45) is 0 Å². The molecule has 4 heteroatoms. The van der Waals surface area contributed by atoms with Gasteiger partial charge in [-0.3, -0.25) is 4.79 Å². The van der Waals surface area contributed by atoms with Crippen molar-refractivity contribution in [2.75, 3.05) is 7.11 Å². The zero-order valence-corrected chi connectivity index (χ0v) is 9.47. The highest BCUT2D eigenvalue weighted by atomic mass is 16.5. The average molecular weight is 221 g/mol. The predicted octanol–water partition coefficient (Wildman–Crippen LogP) is 1.36. The van der Waals surface area contributed by atoms with Crippen LogP contribution in [-0.2, 0) is 16.1 Å². The number of methoxy groups -OCH3 is 1. The molecule has 0 unspecified atom stereocenters. The Morgan fingerprint density at radius 1 is 1.50 bits per heavy atom. The van der Waals surface area contributed by atoms with E-state index in [2.05, 4.69) is 4.74 Å². The van der Waals surface area contributed by atoms with Gasteiger partial charge in [0, 0.05) is 24.4 Å². The Balaban J connectivity index is 2.82. The third-order valence-electron chi connectivity index (χ3n) is 2.26. The molecule has 0 bridgehead atoms. The van der Waals surface area contributed by atoms with Crippen LogP contribution >= 0.6 is 0 Å². The van der Waals surface area contributed by atoms with E-state index in [4.69, 9.17) is 0 Å². The summed E-state index contributed by atoms with van der Waals surface area (Å²) in [7, 11) is 1.35. The van der Waals surface area contributed by atoms with Crippen LogP contribution in [0, 0.1) is 0 Å². The first-order valence-corrected chi connectivity index (χ1v) is 5.11. The number of aromatic nitrogens is 1. The number of allylic oxidation sites excluding steroid dienone is 1. The van der Waals surface area contributed by atoms with Gasteiger partial charge >= 0.3 is 5.97 Å². The second-order valence-electron chi connectivity index (χ2n) is 3.27. The molecule has 0 radical (unpaired) electrons. The van der Waals surface area contributed by atoms with Crippen molar-refractivity contribution in [1.29, 1.82) is 0 Å². The van der Waals surface area contributed by atoms with Crippen LogP contribution in [0.25, 0.3) is 0 Å². The fourth-order valence-corrected chi connectivity index (χ4v) is 1.32. The van der Waals surface area contributed by atoms with Crippen molar-refractivity contribution in [1.82, 2.24) is 4.57 Å². The van der Waals surface area contributed by atoms with E-state index < -0.39 is 0 Å². The van der Waals surface area contributed by atoms with E-state index in [9.17, 15) is 9.59 Å². The molecule has 1 aromatic heterocycles. The second-order valence-corrected chi connectivity index (χ2v) is 3.27. The highest BCUT2D eigenvalue weighted by molar-refractivity contribution is 5.88. The smallest absolute Gasteiger partial charge is 0.333 e. The van der Waals surface area contributed by atoms with Gasteiger partial charge in [0.15, 0.2) is 0 Å². The van der Waals surface area contributed by atoms with Crippen LogP contribution in [0.5, 0.6) is 0 Å². The molecule has 1 aromatic rings. The van der Waals surface area contributed by atoms with Gasteiger partial charge in [-0.2, -0.15) is 0 Å². The number of hydrogen-bond donors (Lipinski definition) is 0. The Kier molecular flexibility index (Phi) is 4.51. The molecule has 1 rings (SSSR count). The fourth-order valence-electron chi connectivity index (χ4n) is 1.32. The van der Waals surface area contributed by atoms with Gasteiger partial charge in [-0.05, 0) is 12.5 Å². The molecular weight excluding hydrogens is 206 g/mol. The SMILES string of the molecule is CCC(=CCn1ccccc1=O)C(=O)OC. The highest BCUT2D eigenvalue weighted by Crippen LogP contribution is 2.03. The molecule has 86 valence electrons. The van der Waals surface area contributed by atoms with E-state index in [-0.39, 0.29) is 11.5 Å². The number of pyridine rings is 1. The lowest BCUT2D eigenvalue weighted by molar-refractivity contribution is -0.136. The van der Waals surface area contributed by atoms with Crippen LogP contribution in [0.4, 0.5) is 0 Å². The normalized spacial score (nSPS) is 11.2. The first-order chi connectivity index (χ1) is 7.69. The maximum absolute atomic E-state index is 11.4. The fraction of sp³-hybridized carbons (Fsp3) is 0.333. The maximum atomic E-state index is 11.4. The van der Waals surface area contributed by atoms with Crippen LogP contribution < -0.4 is 5.56 Å². The van der Waals surface area contributed by atoms with Crippen LogP contribution in [0.3, 0.4) is 0 Å². The zero-order valence-electron chi connectivity index (χ0n) is 9.47. The molecule has 0 aliphatic rings. The molecule has 16 heavy (non-hydrogen) atoms. The third kappa shape index (κ3) is 3.08. The van der Waals surface area contributed by atoms with Gasteiger partial charge in [-0.1, -0.05) is 19.1 Å². The minimum absolute atomic E-state index is 0.0842. The molecule has 0 amide bonds. The van der Waals surface area contributed by atoms with Crippen LogP contribution in [0.2, 0.25) is 0 Å². The van der Waals surface area contributed by atoms with Gasteiger partial charge in [0.1, 0.15) is 0 Å². The number of nitrogens with zero attached hydrogens (tertiary/aromatic N) is 1. The molecule has 0 N–H and O–H groups in total. The Bertz CT molecular complexity index is 446. The summed E-state index contributed by atoms with van der Waals surface area (Å²) in [5, 5.41) is 0. The van der Waals surface area contributed by atoms with Crippen LogP contribution in [0.1, 0.15) is 13.3 Å². The molecule has 0 aromatic carbocycles. The lowest BCUT2D eigenvalue weighted by Crippen LogP contribution is -2.17. The molecule has 0 saturated heterocycles. The summed E-state index contributed by atoms with van der Waals surface area (Å²) in [6.07, 6.45) is 3.99. The molecule has 0 fully saturated rings. The van der Waals surface area contributed by atoms with Crippen molar-refractivity contribution in [2.45, 2.75) is 19.9 Å². The summed E-state index contributed by atoms with van der Waals surface area (Å²) in [5.41, 5.74) is 0.498. The molecule has 4 nitrogen and oxygen atoms in total. The Morgan fingerprint density at radius 2 is 2.25 bits per heavy atom. The molecule has 0 saturated carbocycles. The summed E-state index contributed by atoms with van der Waals surface area (Å²) >= 11 is 0. The molecule has 0 aliphatic heterocycles. The predicted molar refractivity (Wildman–Crippen MR) is 61.1 cm³/mol. The second kappa shape index (κ2) is 5.90. The molecular formula is C12H15NO3. The van der Waals surface area contributed by atoms with Gasteiger partial charge in [-0.15, -0.1) is 0 Å². The molecule has 0 aliphatic carbocycles. The van der Waals surface area contributed by atoms with Crippen LogP contribution in [0.15, 0.2) is 40.8 Å². The zero-order chi connectivity index (χ0) is 12.0. The quantitative estimate of drug-likeness (QED) is 0.569. The maximum Gasteiger partial charge on any atom is 0.333 e. The van der Waals surface area contributed by atoms with Crippen molar-refractivity contribution in [3.8, 4) is 0 Å². The molecule has 0 atom stereocenters. The minimum Gasteiger partial charge on any atom is -0.466 e. The number of ether oxygens (including phenoxy) is 1. The van der Waals surface area contributed by atoms with E-state index >= 15 is 0 Å². The van der Waals surface area contributed by atoms with Crippen molar-refractivity contribution in [3.63, 3.8) is 0 Å². The van der Waals surface area contributed by atoms with Gasteiger partial charge < -0.3 is 9.30 Å². The minimum atomic E-state index is -0.341. The van der Waals surface area contributed by atoms with E-state index in [0.29, 0.717) is 18.5 Å². The third-order valence-corrected chi connectivity index (χ3v) is 2.26.